The summed E-state index contributed by atoms with van der Waals surface area (Å²) in [5.41, 5.74) is 2.05. The van der Waals surface area contributed by atoms with E-state index in [0.717, 1.165) is 55.0 Å². The molecule has 2 aliphatic heterocycles. The van der Waals surface area contributed by atoms with Crippen molar-refractivity contribution in [3.63, 3.8) is 0 Å². The van der Waals surface area contributed by atoms with Crippen LogP contribution in [-0.4, -0.2) is 47.8 Å². The van der Waals surface area contributed by atoms with E-state index < -0.39 is 17.6 Å². The molecule has 1 aromatic heterocycles. The molecule has 39 heavy (non-hydrogen) atoms. The Morgan fingerprint density at radius 3 is 2.79 bits per heavy atom. The smallest absolute Gasteiger partial charge is 0.381 e. The molecule has 0 spiro atoms. The number of aromatic nitrogens is 2. The first-order valence-corrected chi connectivity index (χ1v) is 12.8. The second-order valence-corrected chi connectivity index (χ2v) is 9.77. The Kier molecular flexibility index (Phi) is 7.94. The van der Waals surface area contributed by atoms with E-state index in [1.807, 2.05) is 31.5 Å². The van der Waals surface area contributed by atoms with E-state index in [-0.39, 0.29) is 17.6 Å². The zero-order chi connectivity index (χ0) is 27.4. The van der Waals surface area contributed by atoms with Gasteiger partial charge < -0.3 is 14.8 Å². The third-order valence-corrected chi connectivity index (χ3v) is 6.98. The minimum atomic E-state index is -4.53. The number of nitrogens with zero attached hydrogens (tertiary/aromatic N) is 3. The van der Waals surface area contributed by atoms with Gasteiger partial charge in [-0.25, -0.2) is 4.68 Å². The number of carbonyl (C=O) groups is 1. The van der Waals surface area contributed by atoms with E-state index in [9.17, 15) is 18.0 Å². The van der Waals surface area contributed by atoms with Crippen molar-refractivity contribution in [2.24, 2.45) is 10.9 Å². The predicted octanol–water partition coefficient (Wildman–Crippen LogP) is 5.95. The molecule has 1 fully saturated rings. The van der Waals surface area contributed by atoms with Crippen LogP contribution in [0.25, 0.3) is 5.69 Å². The molecule has 3 heterocycles. The molecule has 2 aliphatic rings. The molecule has 10 heteroatoms. The molecule has 204 valence electrons. The number of rotatable bonds is 7. The molecular weight excluding hydrogens is 509 g/mol. The first-order chi connectivity index (χ1) is 18.8. The number of aryl methyl sites for hydroxylation is 1. The molecule has 0 saturated carbocycles. The molecule has 0 bridgehead atoms. The number of anilines is 1. The van der Waals surface area contributed by atoms with Gasteiger partial charge in [0, 0.05) is 48.6 Å². The van der Waals surface area contributed by atoms with Gasteiger partial charge in [0.05, 0.1) is 36.1 Å². The average molecular weight is 539 g/mol. The second kappa shape index (κ2) is 11.5. The largest absolute Gasteiger partial charge is 0.416 e. The van der Waals surface area contributed by atoms with E-state index in [1.165, 1.54) is 12.1 Å². The molecule has 2 aromatic carbocycles. The first-order valence-electron chi connectivity index (χ1n) is 12.8. The standard InChI is InChI=1S/C29H29F3N4O3/c1-19-5-6-24(35-28(37)21-3-2-4-23(13-21)29(30,31)32)14-26(19)36-17-22(15-34-36)25-16-33-10-7-27(25)39-18-20-8-11-38-12-9-20/h2-7,10,13-17,20,25,27H,8-9,11-12,18H2,1H3,(H,35,37). The van der Waals surface area contributed by atoms with E-state index in [1.54, 1.807) is 29.2 Å². The van der Waals surface area contributed by atoms with Crippen LogP contribution in [0.4, 0.5) is 18.9 Å². The number of hydrogen-bond acceptors (Lipinski definition) is 5. The molecule has 0 aliphatic carbocycles. The number of carbonyl (C=O) groups excluding carboxylic acids is 1. The van der Waals surface area contributed by atoms with Crippen molar-refractivity contribution < 1.29 is 27.4 Å². The number of hydrogen-bond donors (Lipinski definition) is 1. The summed E-state index contributed by atoms with van der Waals surface area (Å²) in [5, 5.41) is 7.24. The summed E-state index contributed by atoms with van der Waals surface area (Å²) in [6.07, 6.45) is 6.53. The zero-order valence-electron chi connectivity index (χ0n) is 21.4. The highest BCUT2D eigenvalue weighted by molar-refractivity contribution is 6.04. The Balaban J connectivity index is 1.30. The number of halogens is 3. The van der Waals surface area contributed by atoms with Crippen molar-refractivity contribution in [1.29, 1.82) is 0 Å². The molecular formula is C29H29F3N4O3. The summed E-state index contributed by atoms with van der Waals surface area (Å²) in [7, 11) is 0. The SMILES string of the molecule is Cc1ccc(NC(=O)c2cccc(C(F)(F)F)c2)cc1-n1cc(C2C=NC=CC2OCC2CCOCC2)cn1. The highest BCUT2D eigenvalue weighted by atomic mass is 19.4. The highest BCUT2D eigenvalue weighted by Gasteiger charge is 2.31. The van der Waals surface area contributed by atoms with Crippen LogP contribution >= 0.6 is 0 Å². The van der Waals surface area contributed by atoms with Gasteiger partial charge >= 0.3 is 6.18 Å². The van der Waals surface area contributed by atoms with Crippen LogP contribution in [0.15, 0.2) is 72.1 Å². The normalized spacial score (nSPS) is 19.8. The molecule has 1 amide bonds. The molecule has 1 saturated heterocycles. The van der Waals surface area contributed by atoms with Crippen molar-refractivity contribution >= 4 is 17.8 Å². The minimum Gasteiger partial charge on any atom is -0.381 e. The van der Waals surface area contributed by atoms with Crippen molar-refractivity contribution in [3.8, 4) is 5.69 Å². The lowest BCUT2D eigenvalue weighted by molar-refractivity contribution is -0.137. The van der Waals surface area contributed by atoms with Crippen LogP contribution in [0.1, 0.15) is 45.8 Å². The van der Waals surface area contributed by atoms with Crippen molar-refractivity contribution in [1.82, 2.24) is 9.78 Å². The Morgan fingerprint density at radius 2 is 2.00 bits per heavy atom. The van der Waals surface area contributed by atoms with Crippen LogP contribution in [0, 0.1) is 12.8 Å². The van der Waals surface area contributed by atoms with Gasteiger partial charge in [-0.3, -0.25) is 9.79 Å². The summed E-state index contributed by atoms with van der Waals surface area (Å²) in [5.74, 6) is -0.259. The first kappa shape index (κ1) is 26.8. The monoisotopic (exact) mass is 538 g/mol. The number of amides is 1. The van der Waals surface area contributed by atoms with E-state index >= 15 is 0 Å². The van der Waals surface area contributed by atoms with Crippen LogP contribution < -0.4 is 5.32 Å². The van der Waals surface area contributed by atoms with Gasteiger partial charge in [0.1, 0.15) is 0 Å². The Bertz CT molecular complexity index is 1380. The number of alkyl halides is 3. The van der Waals surface area contributed by atoms with Gasteiger partial charge in [0.15, 0.2) is 0 Å². The highest BCUT2D eigenvalue weighted by Crippen LogP contribution is 2.30. The van der Waals surface area contributed by atoms with Gasteiger partial charge in [-0.1, -0.05) is 12.1 Å². The fourth-order valence-electron chi connectivity index (χ4n) is 4.69. The van der Waals surface area contributed by atoms with Crippen molar-refractivity contribution in [3.05, 3.63) is 89.4 Å². The second-order valence-electron chi connectivity index (χ2n) is 9.77. The van der Waals surface area contributed by atoms with E-state index in [4.69, 9.17) is 9.47 Å². The van der Waals surface area contributed by atoms with Gasteiger partial charge in [0.25, 0.3) is 5.91 Å². The fourth-order valence-corrected chi connectivity index (χ4v) is 4.69. The van der Waals surface area contributed by atoms with E-state index in [2.05, 4.69) is 15.4 Å². The van der Waals surface area contributed by atoms with Crippen LogP contribution in [0.2, 0.25) is 0 Å². The lowest BCUT2D eigenvalue weighted by Gasteiger charge is -2.27. The maximum Gasteiger partial charge on any atom is 0.416 e. The summed E-state index contributed by atoms with van der Waals surface area (Å²) in [4.78, 5) is 17.0. The fraction of sp³-hybridized carbons (Fsp3) is 0.345. The van der Waals surface area contributed by atoms with Gasteiger partial charge in [-0.05, 0) is 67.7 Å². The number of nitrogens with one attached hydrogen (secondary N) is 1. The van der Waals surface area contributed by atoms with Gasteiger partial charge in [0.2, 0.25) is 0 Å². The van der Waals surface area contributed by atoms with Crippen molar-refractivity contribution in [2.45, 2.75) is 38.0 Å². The lowest BCUT2D eigenvalue weighted by Crippen LogP contribution is -2.28. The minimum absolute atomic E-state index is 0.0789. The third kappa shape index (κ3) is 6.46. The quantitative estimate of drug-likeness (QED) is 0.404. The number of ether oxygens (including phenoxy) is 2. The van der Waals surface area contributed by atoms with Crippen molar-refractivity contribution in [2.75, 3.05) is 25.1 Å². The summed E-state index contributed by atoms with van der Waals surface area (Å²) >= 11 is 0. The third-order valence-electron chi connectivity index (χ3n) is 6.98. The van der Waals surface area contributed by atoms with Crippen LogP contribution in [-0.2, 0) is 15.7 Å². The molecule has 7 nitrogen and oxygen atoms in total. The maximum atomic E-state index is 13.1. The average Bonchev–Trinajstić information content (AvgIpc) is 3.43. The molecule has 3 aromatic rings. The Morgan fingerprint density at radius 1 is 1.18 bits per heavy atom. The molecule has 2 atom stereocenters. The summed E-state index contributed by atoms with van der Waals surface area (Å²) in [6, 6.07) is 9.60. The summed E-state index contributed by atoms with van der Waals surface area (Å²) in [6.45, 7) is 4.11. The predicted molar refractivity (Wildman–Crippen MR) is 141 cm³/mol. The van der Waals surface area contributed by atoms with Crippen LogP contribution in [0.5, 0.6) is 0 Å². The molecule has 1 N–H and O–H groups in total. The Labute approximate surface area is 224 Å². The molecule has 0 radical (unpaired) electrons. The lowest BCUT2D eigenvalue weighted by atomic mass is 9.95. The number of aliphatic imine (C=N–C) groups is 1. The maximum absolute atomic E-state index is 13.1. The van der Waals surface area contributed by atoms with E-state index in [0.29, 0.717) is 18.2 Å². The topological polar surface area (TPSA) is 77.7 Å². The van der Waals surface area contributed by atoms with Crippen LogP contribution in [0.3, 0.4) is 0 Å². The summed E-state index contributed by atoms with van der Waals surface area (Å²) < 4.78 is 52.6. The Hall–Kier alpha value is -3.76. The van der Waals surface area contributed by atoms with Gasteiger partial charge in [-0.15, -0.1) is 0 Å². The molecule has 5 rings (SSSR count). The number of benzene rings is 2. The zero-order valence-corrected chi connectivity index (χ0v) is 21.4. The molecule has 2 unspecified atom stereocenters. The van der Waals surface area contributed by atoms with Gasteiger partial charge in [-0.2, -0.15) is 18.3 Å².